The summed E-state index contributed by atoms with van der Waals surface area (Å²) in [7, 11) is 0. The van der Waals surface area contributed by atoms with Crippen LogP contribution in [0, 0.1) is 27.7 Å². The minimum Gasteiger partial charge on any atom is -0.353 e. The Labute approximate surface area is 205 Å². The number of carbonyl (C=O) groups excluding carboxylic acids is 1. The van der Waals surface area contributed by atoms with Crippen LogP contribution in [-0.4, -0.2) is 51.9 Å². The molecule has 0 spiro atoms. The molecule has 1 saturated heterocycles. The number of nitrogens with zero attached hydrogens (tertiary/aromatic N) is 5. The minimum atomic E-state index is 0.0531. The number of aryl methyl sites for hydroxylation is 4. The molecule has 0 aliphatic carbocycles. The van der Waals surface area contributed by atoms with Crippen LogP contribution in [0.5, 0.6) is 0 Å². The summed E-state index contributed by atoms with van der Waals surface area (Å²) in [5.74, 6) is 1.60. The average molecular weight is 467 g/mol. The minimum absolute atomic E-state index is 0.0531. The molecule has 1 N–H and O–H groups in total. The molecule has 0 saturated carbocycles. The van der Waals surface area contributed by atoms with Crippen molar-refractivity contribution in [2.24, 2.45) is 0 Å². The number of benzene rings is 2. The molecule has 7 heteroatoms. The van der Waals surface area contributed by atoms with E-state index < -0.39 is 0 Å². The van der Waals surface area contributed by atoms with Crippen molar-refractivity contribution in [3.8, 4) is 0 Å². The molecule has 0 bridgehead atoms. The maximum atomic E-state index is 13.1. The van der Waals surface area contributed by atoms with Crippen LogP contribution in [0.4, 0.5) is 17.5 Å². The molecule has 3 heterocycles. The first-order chi connectivity index (χ1) is 16.9. The third-order valence-corrected chi connectivity index (χ3v) is 6.50. The van der Waals surface area contributed by atoms with Crippen LogP contribution >= 0.6 is 0 Å². The molecule has 4 aromatic rings. The Hall–Kier alpha value is -4.00. The lowest BCUT2D eigenvalue weighted by Gasteiger charge is -2.35. The van der Waals surface area contributed by atoms with Crippen LogP contribution in [0.3, 0.4) is 0 Å². The molecule has 1 aliphatic rings. The molecule has 0 radical (unpaired) electrons. The second kappa shape index (κ2) is 9.33. The van der Waals surface area contributed by atoms with Gasteiger partial charge in [0.2, 0.25) is 5.95 Å². The van der Waals surface area contributed by atoms with Gasteiger partial charge in [-0.3, -0.25) is 4.79 Å². The maximum absolute atomic E-state index is 13.1. The number of aromatic nitrogens is 3. The fourth-order valence-corrected chi connectivity index (χ4v) is 4.63. The molecule has 1 amide bonds. The number of fused-ring (bicyclic) bond motifs is 1. The predicted molar refractivity (Wildman–Crippen MR) is 141 cm³/mol. The highest BCUT2D eigenvalue weighted by Crippen LogP contribution is 2.26. The van der Waals surface area contributed by atoms with E-state index in [0.29, 0.717) is 24.6 Å². The van der Waals surface area contributed by atoms with E-state index in [-0.39, 0.29) is 5.91 Å². The molecule has 35 heavy (non-hydrogen) atoms. The van der Waals surface area contributed by atoms with Crippen LogP contribution < -0.4 is 10.2 Å². The Morgan fingerprint density at radius 3 is 2.17 bits per heavy atom. The summed E-state index contributed by atoms with van der Waals surface area (Å²) in [4.78, 5) is 31.1. The van der Waals surface area contributed by atoms with Gasteiger partial charge in [-0.1, -0.05) is 18.2 Å². The van der Waals surface area contributed by atoms with Crippen molar-refractivity contribution < 1.29 is 4.79 Å². The quantitative estimate of drug-likeness (QED) is 0.458. The lowest BCUT2D eigenvalue weighted by atomic mass is 10.1. The summed E-state index contributed by atoms with van der Waals surface area (Å²) in [5.41, 5.74) is 6.83. The van der Waals surface area contributed by atoms with Crippen molar-refractivity contribution in [2.75, 3.05) is 36.4 Å². The molecule has 0 atom stereocenters. The van der Waals surface area contributed by atoms with Gasteiger partial charge in [0, 0.05) is 54.2 Å². The molecule has 2 aromatic heterocycles. The molecule has 1 aliphatic heterocycles. The molecule has 7 nitrogen and oxygen atoms in total. The van der Waals surface area contributed by atoms with Crippen molar-refractivity contribution in [3.63, 3.8) is 0 Å². The predicted octanol–water partition coefficient (Wildman–Crippen LogP) is 4.96. The number of anilines is 3. The van der Waals surface area contributed by atoms with Gasteiger partial charge < -0.3 is 15.1 Å². The van der Waals surface area contributed by atoms with Crippen molar-refractivity contribution in [3.05, 3.63) is 82.7 Å². The highest BCUT2D eigenvalue weighted by atomic mass is 16.2. The summed E-state index contributed by atoms with van der Waals surface area (Å²) in [6, 6.07) is 17.9. The number of hydrogen-bond acceptors (Lipinski definition) is 6. The van der Waals surface area contributed by atoms with Crippen LogP contribution in [0.25, 0.3) is 10.9 Å². The van der Waals surface area contributed by atoms with E-state index in [9.17, 15) is 4.79 Å². The Morgan fingerprint density at radius 2 is 1.49 bits per heavy atom. The highest BCUT2D eigenvalue weighted by molar-refractivity contribution is 5.95. The normalized spacial score (nSPS) is 13.8. The van der Waals surface area contributed by atoms with Gasteiger partial charge in [0.25, 0.3) is 5.91 Å². The third-order valence-electron chi connectivity index (χ3n) is 6.50. The molecular weight excluding hydrogens is 436 g/mol. The highest BCUT2D eigenvalue weighted by Gasteiger charge is 2.23. The van der Waals surface area contributed by atoms with Crippen LogP contribution in [-0.2, 0) is 0 Å². The van der Waals surface area contributed by atoms with E-state index in [1.807, 2.05) is 49.1 Å². The van der Waals surface area contributed by atoms with Crippen molar-refractivity contribution in [1.82, 2.24) is 19.9 Å². The van der Waals surface area contributed by atoms with Crippen LogP contribution in [0.1, 0.15) is 32.9 Å². The van der Waals surface area contributed by atoms with Gasteiger partial charge >= 0.3 is 0 Å². The Bertz CT molecular complexity index is 1370. The smallest absolute Gasteiger partial charge is 0.253 e. The molecule has 5 rings (SSSR count). The van der Waals surface area contributed by atoms with Crippen LogP contribution in [0.2, 0.25) is 0 Å². The van der Waals surface area contributed by atoms with E-state index in [2.05, 4.69) is 58.3 Å². The number of pyridine rings is 1. The van der Waals surface area contributed by atoms with E-state index in [1.165, 1.54) is 16.5 Å². The van der Waals surface area contributed by atoms with Crippen molar-refractivity contribution in [2.45, 2.75) is 27.7 Å². The SMILES string of the molecule is Cc1cc(C)nc(Nc2ccc(C(=O)N3CCN(c4cc(C)c5cccc(C)c5n4)CC3)cc2)n1. The number of hydrogen-bond donors (Lipinski definition) is 1. The fraction of sp³-hybridized carbons (Fsp3) is 0.286. The zero-order chi connectivity index (χ0) is 24.5. The number of nitrogens with one attached hydrogen (secondary N) is 1. The largest absolute Gasteiger partial charge is 0.353 e. The number of amides is 1. The number of carbonyl (C=O) groups is 1. The first-order valence-electron chi connectivity index (χ1n) is 12.0. The second-order valence-corrected chi connectivity index (χ2v) is 9.22. The topological polar surface area (TPSA) is 74.2 Å². The third kappa shape index (κ3) is 4.80. The zero-order valence-electron chi connectivity index (χ0n) is 20.7. The molecule has 1 fully saturated rings. The van der Waals surface area contributed by atoms with Gasteiger partial charge in [-0.15, -0.1) is 0 Å². The number of para-hydroxylation sites is 1. The lowest BCUT2D eigenvalue weighted by Crippen LogP contribution is -2.49. The monoisotopic (exact) mass is 466 g/mol. The van der Waals surface area contributed by atoms with Gasteiger partial charge in [-0.2, -0.15) is 0 Å². The van der Waals surface area contributed by atoms with Gasteiger partial charge in [-0.05, 0) is 75.2 Å². The zero-order valence-corrected chi connectivity index (χ0v) is 20.7. The van der Waals surface area contributed by atoms with E-state index >= 15 is 0 Å². The maximum Gasteiger partial charge on any atom is 0.253 e. The van der Waals surface area contributed by atoms with Gasteiger partial charge in [0.05, 0.1) is 5.52 Å². The Morgan fingerprint density at radius 1 is 0.800 bits per heavy atom. The summed E-state index contributed by atoms with van der Waals surface area (Å²) >= 11 is 0. The van der Waals surface area contributed by atoms with Gasteiger partial charge in [0.1, 0.15) is 5.82 Å². The van der Waals surface area contributed by atoms with Gasteiger partial charge in [0.15, 0.2) is 0 Å². The Kier molecular flexibility index (Phi) is 6.07. The summed E-state index contributed by atoms with van der Waals surface area (Å²) in [5, 5.41) is 4.41. The summed E-state index contributed by atoms with van der Waals surface area (Å²) in [6.45, 7) is 11.0. The van der Waals surface area contributed by atoms with E-state index in [4.69, 9.17) is 4.98 Å². The van der Waals surface area contributed by atoms with Crippen molar-refractivity contribution >= 4 is 34.3 Å². The summed E-state index contributed by atoms with van der Waals surface area (Å²) in [6.07, 6.45) is 0. The lowest BCUT2D eigenvalue weighted by molar-refractivity contribution is 0.0746. The molecular formula is C28H30N6O. The molecule has 2 aromatic carbocycles. The first kappa shape index (κ1) is 22.8. The summed E-state index contributed by atoms with van der Waals surface area (Å²) < 4.78 is 0. The van der Waals surface area contributed by atoms with E-state index in [1.54, 1.807) is 0 Å². The van der Waals surface area contributed by atoms with E-state index in [0.717, 1.165) is 41.5 Å². The van der Waals surface area contributed by atoms with Gasteiger partial charge in [-0.25, -0.2) is 15.0 Å². The second-order valence-electron chi connectivity index (χ2n) is 9.22. The number of piperazine rings is 1. The average Bonchev–Trinajstić information content (AvgIpc) is 2.84. The standard InChI is InChI=1S/C28H30N6O/c1-18-6-5-7-24-19(2)16-25(32-26(18)24)33-12-14-34(15-13-33)27(35)22-8-10-23(11-9-22)31-28-29-20(3)17-21(4)30-28/h5-11,16-17H,12-15H2,1-4H3,(H,29,30,31). The number of rotatable bonds is 4. The Balaban J connectivity index is 1.24. The fourth-order valence-electron chi connectivity index (χ4n) is 4.63. The molecule has 178 valence electrons. The van der Waals surface area contributed by atoms with Crippen LogP contribution in [0.15, 0.2) is 54.6 Å². The first-order valence-corrected chi connectivity index (χ1v) is 12.0. The van der Waals surface area contributed by atoms with Crippen molar-refractivity contribution in [1.29, 1.82) is 0 Å². The molecule has 0 unspecified atom stereocenters.